The Morgan fingerprint density at radius 3 is 2.69 bits per heavy atom. The lowest BCUT2D eigenvalue weighted by Gasteiger charge is -2.29. The lowest BCUT2D eigenvalue weighted by atomic mass is 10.1. The number of thioether (sulfide) groups is 1. The summed E-state index contributed by atoms with van der Waals surface area (Å²) in [7, 11) is 0. The zero-order chi connectivity index (χ0) is 22.5. The highest BCUT2D eigenvalue weighted by Gasteiger charge is 2.30. The summed E-state index contributed by atoms with van der Waals surface area (Å²) in [6.45, 7) is 2.54. The molecule has 1 heterocycles. The minimum Gasteiger partial charge on any atom is -0.354 e. The molecule has 3 aromatic rings. The third-order valence-corrected chi connectivity index (χ3v) is 6.41. The summed E-state index contributed by atoms with van der Waals surface area (Å²) in [6.07, 6.45) is 2.56. The van der Waals surface area contributed by atoms with Gasteiger partial charge in [0.1, 0.15) is 6.54 Å². The number of benzene rings is 3. The van der Waals surface area contributed by atoms with Gasteiger partial charge in [-0.2, -0.15) is 0 Å². The maximum Gasteiger partial charge on any atom is 0.265 e. The van der Waals surface area contributed by atoms with Crippen LogP contribution in [0.2, 0.25) is 5.02 Å². The summed E-state index contributed by atoms with van der Waals surface area (Å²) in [6, 6.07) is 23.2. The van der Waals surface area contributed by atoms with Crippen molar-refractivity contribution in [2.24, 2.45) is 0 Å². The highest BCUT2D eigenvalue weighted by molar-refractivity contribution is 8.04. The fraction of sp³-hybridized carbons (Fsp3) is 0.154. The third-order valence-electron chi connectivity index (χ3n) is 5.10. The van der Waals surface area contributed by atoms with Crippen LogP contribution in [0.15, 0.2) is 82.6 Å². The van der Waals surface area contributed by atoms with E-state index in [-0.39, 0.29) is 18.4 Å². The standard InChI is InChI=1S/C26H23ClN2O2S/c1-18-6-4-7-19(14-18)12-13-28-25(30)17-29-22-10-2-3-11-23(22)32-24(26(29)31)16-20-8-5-9-21(27)15-20/h2-11,14-16H,12-13,17H2,1H3,(H,28,30). The van der Waals surface area contributed by atoms with Crippen molar-refractivity contribution in [1.82, 2.24) is 5.32 Å². The molecule has 3 aromatic carbocycles. The van der Waals surface area contributed by atoms with Crippen LogP contribution in [0.5, 0.6) is 0 Å². The van der Waals surface area contributed by atoms with Gasteiger partial charge in [-0.1, -0.05) is 77.5 Å². The highest BCUT2D eigenvalue weighted by Crippen LogP contribution is 2.41. The zero-order valence-corrected chi connectivity index (χ0v) is 19.2. The number of amides is 2. The number of rotatable bonds is 6. The molecule has 1 aliphatic heterocycles. The molecule has 32 heavy (non-hydrogen) atoms. The van der Waals surface area contributed by atoms with Gasteiger partial charge >= 0.3 is 0 Å². The maximum atomic E-state index is 13.3. The van der Waals surface area contributed by atoms with Gasteiger partial charge in [-0.3, -0.25) is 14.5 Å². The SMILES string of the molecule is Cc1cccc(CCNC(=O)CN2C(=O)C(=Cc3cccc(Cl)c3)Sc3ccccc32)c1. The number of aryl methyl sites for hydroxylation is 1. The molecule has 0 fully saturated rings. The van der Waals surface area contributed by atoms with Crippen molar-refractivity contribution in [3.8, 4) is 0 Å². The van der Waals surface area contributed by atoms with Crippen molar-refractivity contribution in [2.75, 3.05) is 18.0 Å². The van der Waals surface area contributed by atoms with Crippen LogP contribution in [0.4, 0.5) is 5.69 Å². The Kier molecular flexibility index (Phi) is 6.98. The molecule has 2 amide bonds. The number of fused-ring (bicyclic) bond motifs is 1. The number of para-hydroxylation sites is 1. The van der Waals surface area contributed by atoms with E-state index >= 15 is 0 Å². The van der Waals surface area contributed by atoms with E-state index in [9.17, 15) is 9.59 Å². The molecule has 1 aliphatic rings. The number of anilines is 1. The summed E-state index contributed by atoms with van der Waals surface area (Å²) in [4.78, 5) is 29.0. The number of carbonyl (C=O) groups is 2. The molecule has 162 valence electrons. The molecule has 0 spiro atoms. The van der Waals surface area contributed by atoms with Crippen LogP contribution in [0.25, 0.3) is 6.08 Å². The molecule has 0 radical (unpaired) electrons. The lowest BCUT2D eigenvalue weighted by molar-refractivity contribution is -0.122. The predicted molar refractivity (Wildman–Crippen MR) is 132 cm³/mol. The number of hydrogen-bond acceptors (Lipinski definition) is 3. The smallest absolute Gasteiger partial charge is 0.265 e. The number of hydrogen-bond donors (Lipinski definition) is 1. The van der Waals surface area contributed by atoms with Crippen molar-refractivity contribution in [3.63, 3.8) is 0 Å². The summed E-state index contributed by atoms with van der Waals surface area (Å²) in [5, 5.41) is 3.55. The predicted octanol–water partition coefficient (Wildman–Crippen LogP) is 5.49. The summed E-state index contributed by atoms with van der Waals surface area (Å²) in [5.74, 6) is -0.377. The fourth-order valence-electron chi connectivity index (χ4n) is 3.58. The molecule has 1 N–H and O–H groups in total. The minimum atomic E-state index is -0.192. The molecule has 0 saturated carbocycles. The number of halogens is 1. The zero-order valence-electron chi connectivity index (χ0n) is 17.7. The quantitative estimate of drug-likeness (QED) is 0.493. The first-order valence-corrected chi connectivity index (χ1v) is 11.6. The largest absolute Gasteiger partial charge is 0.354 e. The first kappa shape index (κ1) is 22.2. The van der Waals surface area contributed by atoms with E-state index in [0.717, 1.165) is 22.6 Å². The van der Waals surface area contributed by atoms with Gasteiger partial charge in [-0.15, -0.1) is 0 Å². The van der Waals surface area contributed by atoms with Crippen LogP contribution >= 0.6 is 23.4 Å². The van der Waals surface area contributed by atoms with Crippen LogP contribution in [-0.4, -0.2) is 24.9 Å². The molecule has 4 rings (SSSR count). The summed E-state index contributed by atoms with van der Waals surface area (Å²) >= 11 is 7.50. The average Bonchev–Trinajstić information content (AvgIpc) is 2.77. The van der Waals surface area contributed by atoms with Gasteiger partial charge in [0.2, 0.25) is 5.91 Å². The van der Waals surface area contributed by atoms with Crippen molar-refractivity contribution < 1.29 is 9.59 Å². The fourth-order valence-corrected chi connectivity index (χ4v) is 4.84. The second-order valence-corrected chi connectivity index (χ2v) is 9.13. The second-order valence-electron chi connectivity index (χ2n) is 7.61. The van der Waals surface area contributed by atoms with Crippen LogP contribution in [0.3, 0.4) is 0 Å². The molecular formula is C26H23ClN2O2S. The van der Waals surface area contributed by atoms with Gasteiger partial charge in [0.25, 0.3) is 5.91 Å². The Labute approximate surface area is 197 Å². The van der Waals surface area contributed by atoms with Gasteiger partial charge in [0, 0.05) is 16.5 Å². The van der Waals surface area contributed by atoms with E-state index in [2.05, 4.69) is 11.4 Å². The van der Waals surface area contributed by atoms with E-state index in [1.807, 2.05) is 73.7 Å². The lowest BCUT2D eigenvalue weighted by Crippen LogP contribution is -2.43. The van der Waals surface area contributed by atoms with Crippen LogP contribution in [-0.2, 0) is 16.0 Å². The molecule has 0 saturated heterocycles. The highest BCUT2D eigenvalue weighted by atomic mass is 35.5. The number of nitrogens with one attached hydrogen (secondary N) is 1. The first-order chi connectivity index (χ1) is 15.5. The van der Waals surface area contributed by atoms with E-state index in [1.54, 1.807) is 11.0 Å². The average molecular weight is 463 g/mol. The Bertz CT molecular complexity index is 1190. The summed E-state index contributed by atoms with van der Waals surface area (Å²) in [5.41, 5.74) is 3.96. The molecule has 0 unspecified atom stereocenters. The van der Waals surface area contributed by atoms with Gasteiger partial charge in [0.15, 0.2) is 0 Å². The van der Waals surface area contributed by atoms with Crippen LogP contribution in [0.1, 0.15) is 16.7 Å². The third kappa shape index (κ3) is 5.42. The van der Waals surface area contributed by atoms with Gasteiger partial charge in [-0.25, -0.2) is 0 Å². The maximum absolute atomic E-state index is 13.3. The van der Waals surface area contributed by atoms with Crippen LogP contribution in [0, 0.1) is 6.92 Å². The normalized spacial score (nSPS) is 14.4. The molecule has 4 nitrogen and oxygen atoms in total. The van der Waals surface area contributed by atoms with Crippen molar-refractivity contribution in [3.05, 3.63) is 99.4 Å². The molecule has 6 heteroatoms. The Morgan fingerprint density at radius 2 is 1.88 bits per heavy atom. The van der Waals surface area contributed by atoms with Crippen molar-refractivity contribution >= 4 is 46.9 Å². The van der Waals surface area contributed by atoms with Gasteiger partial charge in [0.05, 0.1) is 10.6 Å². The van der Waals surface area contributed by atoms with E-state index in [4.69, 9.17) is 11.6 Å². The first-order valence-electron chi connectivity index (χ1n) is 10.4. The van der Waals surface area contributed by atoms with Crippen LogP contribution < -0.4 is 10.2 Å². The molecular weight excluding hydrogens is 440 g/mol. The number of nitrogens with zero attached hydrogens (tertiary/aromatic N) is 1. The molecule has 0 aromatic heterocycles. The summed E-state index contributed by atoms with van der Waals surface area (Å²) < 4.78 is 0. The molecule has 0 aliphatic carbocycles. The molecule has 0 bridgehead atoms. The monoisotopic (exact) mass is 462 g/mol. The van der Waals surface area contributed by atoms with Crippen molar-refractivity contribution in [2.45, 2.75) is 18.2 Å². The Balaban J connectivity index is 1.48. The Morgan fingerprint density at radius 1 is 1.06 bits per heavy atom. The van der Waals surface area contributed by atoms with Gasteiger partial charge in [-0.05, 0) is 54.8 Å². The van der Waals surface area contributed by atoms with Crippen molar-refractivity contribution in [1.29, 1.82) is 0 Å². The second kappa shape index (κ2) is 10.1. The minimum absolute atomic E-state index is 0.0306. The van der Waals surface area contributed by atoms with E-state index < -0.39 is 0 Å². The van der Waals surface area contributed by atoms with Gasteiger partial charge < -0.3 is 5.32 Å². The topological polar surface area (TPSA) is 49.4 Å². The number of carbonyl (C=O) groups excluding carboxylic acids is 2. The molecule has 0 atom stereocenters. The van der Waals surface area contributed by atoms with E-state index in [0.29, 0.717) is 16.5 Å². The Hall–Kier alpha value is -3.02. The van der Waals surface area contributed by atoms with E-state index in [1.165, 1.54) is 22.9 Å².